The van der Waals surface area contributed by atoms with Crippen LogP contribution in [0.3, 0.4) is 0 Å². The van der Waals surface area contributed by atoms with Crippen LogP contribution in [0.1, 0.15) is 12.5 Å². The van der Waals surface area contributed by atoms with E-state index in [0.717, 1.165) is 66.4 Å². The van der Waals surface area contributed by atoms with E-state index in [1.807, 2.05) is 61.5 Å². The van der Waals surface area contributed by atoms with Gasteiger partial charge in [-0.1, -0.05) is 152 Å². The molecule has 0 unspecified atom stereocenters. The first-order chi connectivity index (χ1) is 23.7. The summed E-state index contributed by atoms with van der Waals surface area (Å²) in [6, 6.07) is 49.8. The van der Waals surface area contributed by atoms with Crippen molar-refractivity contribution >= 4 is 28.0 Å². The van der Waals surface area contributed by atoms with Crippen LogP contribution in [-0.2, 0) is 0 Å². The van der Waals surface area contributed by atoms with Crippen LogP contribution >= 0.6 is 0 Å². The highest BCUT2D eigenvalue weighted by atomic mass is 16.3. The number of benzene rings is 6. The molecule has 0 aliphatic heterocycles. The maximum atomic E-state index is 6.25. The van der Waals surface area contributed by atoms with Crippen molar-refractivity contribution in [3.05, 3.63) is 169 Å². The fraction of sp³-hybridized carbons (Fsp3) is 0.0227. The molecule has 0 spiro atoms. The van der Waals surface area contributed by atoms with Crippen molar-refractivity contribution < 1.29 is 4.42 Å². The van der Waals surface area contributed by atoms with E-state index >= 15 is 0 Å². The molecule has 0 fully saturated rings. The van der Waals surface area contributed by atoms with E-state index in [9.17, 15) is 0 Å². The zero-order valence-electron chi connectivity index (χ0n) is 26.4. The molecule has 0 radical (unpaired) electrons. The van der Waals surface area contributed by atoms with Gasteiger partial charge in [-0.15, -0.1) is 0 Å². The van der Waals surface area contributed by atoms with Gasteiger partial charge < -0.3 is 4.42 Å². The standard InChI is InChI=1S/C44H31N3O/c1-2-3-5-14-30-25-27-32(28-26-30)42-45-43(34-18-12-17-33(29-34)31-15-6-4-7-16-31)47-44(46-42)37-20-9-8-19-35(37)36-22-13-24-40-41(36)38-21-10-11-23-39(38)48-40/h2-29H,1H3/b3-2-,14-5-. The molecule has 0 saturated carbocycles. The number of hydrogen-bond acceptors (Lipinski definition) is 4. The minimum Gasteiger partial charge on any atom is -0.456 e. The van der Waals surface area contributed by atoms with Gasteiger partial charge in [-0.3, -0.25) is 0 Å². The third-order valence-corrected chi connectivity index (χ3v) is 8.49. The number of hydrogen-bond donors (Lipinski definition) is 0. The summed E-state index contributed by atoms with van der Waals surface area (Å²) in [6.45, 7) is 2.01. The molecule has 0 aliphatic carbocycles. The minimum atomic E-state index is 0.609. The molecule has 4 nitrogen and oxygen atoms in total. The Kier molecular flexibility index (Phi) is 7.73. The predicted molar refractivity (Wildman–Crippen MR) is 198 cm³/mol. The van der Waals surface area contributed by atoms with Crippen LogP contribution in [0.2, 0.25) is 0 Å². The summed E-state index contributed by atoms with van der Waals surface area (Å²) in [5, 5.41) is 2.16. The van der Waals surface area contributed by atoms with Crippen molar-refractivity contribution in [3.63, 3.8) is 0 Å². The summed E-state index contributed by atoms with van der Waals surface area (Å²) in [6.07, 6.45) is 8.15. The average molecular weight is 618 g/mol. The van der Waals surface area contributed by atoms with Crippen molar-refractivity contribution in [1.29, 1.82) is 0 Å². The molecule has 6 aromatic carbocycles. The van der Waals surface area contributed by atoms with Crippen LogP contribution in [0.5, 0.6) is 0 Å². The Labute approximate surface area is 279 Å². The molecule has 48 heavy (non-hydrogen) atoms. The summed E-state index contributed by atoms with van der Waals surface area (Å²) in [7, 11) is 0. The second-order valence-corrected chi connectivity index (χ2v) is 11.6. The van der Waals surface area contributed by atoms with E-state index in [-0.39, 0.29) is 0 Å². The van der Waals surface area contributed by atoms with E-state index < -0.39 is 0 Å². The highest BCUT2D eigenvalue weighted by Crippen LogP contribution is 2.40. The fourth-order valence-electron chi connectivity index (χ4n) is 6.16. The lowest BCUT2D eigenvalue weighted by Gasteiger charge is -2.13. The third kappa shape index (κ3) is 5.61. The molecule has 8 rings (SSSR count). The van der Waals surface area contributed by atoms with Crippen molar-refractivity contribution in [1.82, 2.24) is 15.0 Å². The molecule has 0 N–H and O–H groups in total. The van der Waals surface area contributed by atoms with Gasteiger partial charge >= 0.3 is 0 Å². The first-order valence-corrected chi connectivity index (χ1v) is 16.1. The van der Waals surface area contributed by atoms with Crippen LogP contribution in [0.4, 0.5) is 0 Å². The van der Waals surface area contributed by atoms with E-state index in [0.29, 0.717) is 17.5 Å². The maximum absolute atomic E-state index is 6.25. The van der Waals surface area contributed by atoms with Crippen molar-refractivity contribution in [2.24, 2.45) is 0 Å². The zero-order chi connectivity index (χ0) is 32.3. The SMILES string of the molecule is C/C=C\C=C/c1ccc(-c2nc(-c3cccc(-c4ccccc4)c3)nc(-c3ccccc3-c3cccc4oc5ccccc5c34)n2)cc1. The molecule has 0 saturated heterocycles. The Balaban J connectivity index is 1.32. The number of fused-ring (bicyclic) bond motifs is 3. The van der Waals surface area contributed by atoms with Crippen molar-refractivity contribution in [2.45, 2.75) is 6.92 Å². The van der Waals surface area contributed by atoms with Crippen LogP contribution < -0.4 is 0 Å². The van der Waals surface area contributed by atoms with Crippen molar-refractivity contribution in [3.8, 4) is 56.4 Å². The number of rotatable bonds is 7. The molecule has 2 heterocycles. The number of aromatic nitrogens is 3. The van der Waals surface area contributed by atoms with Gasteiger partial charge in [0.05, 0.1) is 0 Å². The first-order valence-electron chi connectivity index (χ1n) is 16.1. The smallest absolute Gasteiger partial charge is 0.164 e. The highest BCUT2D eigenvalue weighted by Gasteiger charge is 2.19. The lowest BCUT2D eigenvalue weighted by atomic mass is 9.95. The van der Waals surface area contributed by atoms with Gasteiger partial charge in [-0.25, -0.2) is 15.0 Å². The number of nitrogens with zero attached hydrogens (tertiary/aromatic N) is 3. The van der Waals surface area contributed by atoms with Gasteiger partial charge in [-0.2, -0.15) is 0 Å². The van der Waals surface area contributed by atoms with Gasteiger partial charge in [0.15, 0.2) is 17.5 Å². The van der Waals surface area contributed by atoms with Gasteiger partial charge in [0.1, 0.15) is 11.2 Å². The zero-order valence-corrected chi connectivity index (χ0v) is 26.4. The Morgan fingerprint density at radius 1 is 0.458 bits per heavy atom. The Morgan fingerprint density at radius 3 is 1.92 bits per heavy atom. The van der Waals surface area contributed by atoms with E-state index in [4.69, 9.17) is 19.4 Å². The van der Waals surface area contributed by atoms with Crippen LogP contribution in [0.15, 0.2) is 168 Å². The Bertz CT molecular complexity index is 2460. The Morgan fingerprint density at radius 2 is 1.08 bits per heavy atom. The summed E-state index contributed by atoms with van der Waals surface area (Å²) in [4.78, 5) is 15.3. The number of allylic oxidation sites excluding steroid dienone is 3. The highest BCUT2D eigenvalue weighted by molar-refractivity contribution is 6.13. The van der Waals surface area contributed by atoms with E-state index in [1.165, 1.54) is 0 Å². The lowest BCUT2D eigenvalue weighted by Crippen LogP contribution is -2.01. The predicted octanol–water partition coefficient (Wildman–Crippen LogP) is 11.7. The summed E-state index contributed by atoms with van der Waals surface area (Å²) in [5.41, 5.74) is 9.92. The number of furan rings is 1. The molecule has 4 heteroatoms. The van der Waals surface area contributed by atoms with E-state index in [2.05, 4.69) is 115 Å². The molecule has 2 aromatic heterocycles. The average Bonchev–Trinajstić information content (AvgIpc) is 3.55. The van der Waals surface area contributed by atoms with Gasteiger partial charge in [0.2, 0.25) is 0 Å². The largest absolute Gasteiger partial charge is 0.456 e. The Hall–Kier alpha value is -6.39. The van der Waals surface area contributed by atoms with Crippen LogP contribution in [0.25, 0.3) is 84.4 Å². The third-order valence-electron chi connectivity index (χ3n) is 8.49. The van der Waals surface area contributed by atoms with Crippen LogP contribution in [0, 0.1) is 0 Å². The monoisotopic (exact) mass is 617 g/mol. The maximum Gasteiger partial charge on any atom is 0.164 e. The fourth-order valence-corrected chi connectivity index (χ4v) is 6.16. The van der Waals surface area contributed by atoms with Crippen LogP contribution in [-0.4, -0.2) is 15.0 Å². The molecule has 0 aliphatic rings. The topological polar surface area (TPSA) is 51.8 Å². The molecular formula is C44H31N3O. The second kappa shape index (κ2) is 12.8. The summed E-state index contributed by atoms with van der Waals surface area (Å²) < 4.78 is 6.25. The molecular weight excluding hydrogens is 587 g/mol. The van der Waals surface area contributed by atoms with Crippen molar-refractivity contribution in [2.75, 3.05) is 0 Å². The molecule has 228 valence electrons. The summed E-state index contributed by atoms with van der Waals surface area (Å²) >= 11 is 0. The summed E-state index contributed by atoms with van der Waals surface area (Å²) in [5.74, 6) is 1.84. The molecule has 0 amide bonds. The minimum absolute atomic E-state index is 0.609. The lowest BCUT2D eigenvalue weighted by molar-refractivity contribution is 0.669. The van der Waals surface area contributed by atoms with E-state index in [1.54, 1.807) is 0 Å². The normalized spacial score (nSPS) is 11.7. The molecule has 0 bridgehead atoms. The molecule has 8 aromatic rings. The van der Waals surface area contributed by atoms with Gasteiger partial charge in [0, 0.05) is 27.5 Å². The second-order valence-electron chi connectivity index (χ2n) is 11.6. The van der Waals surface area contributed by atoms with Gasteiger partial charge in [0.25, 0.3) is 0 Å². The number of para-hydroxylation sites is 1. The molecule has 0 atom stereocenters. The van der Waals surface area contributed by atoms with Gasteiger partial charge in [-0.05, 0) is 52.9 Å². The quantitative estimate of drug-likeness (QED) is 0.167. The first kappa shape index (κ1) is 29.0.